The molecule has 2 aromatic rings. The molecule has 0 aromatic heterocycles. The molecule has 0 spiro atoms. The summed E-state index contributed by atoms with van der Waals surface area (Å²) in [6, 6.07) is 5.89. The van der Waals surface area contributed by atoms with Crippen molar-refractivity contribution in [3.05, 3.63) is 79.1 Å². The van der Waals surface area contributed by atoms with Gasteiger partial charge in [-0.1, -0.05) is 0 Å². The zero-order chi connectivity index (χ0) is 23.6. The normalized spacial score (nSPS) is 14.7. The van der Waals surface area contributed by atoms with Crippen molar-refractivity contribution >= 4 is 52.3 Å². The number of carbonyl (C=O) groups excluding carboxylic acids is 1. The third-order valence-corrected chi connectivity index (χ3v) is 5.31. The van der Waals surface area contributed by atoms with Crippen molar-refractivity contribution in [1.82, 2.24) is 10.2 Å². The molecule has 9 nitrogen and oxygen atoms in total. The zero-order valence-corrected chi connectivity index (χ0v) is 19.6. The SMILES string of the molecule is Cl.N/C(=C/[N+](=O)[O-])NCC1(O)CN(C(=O)c2ccc(F)c(F)c2Nc2ccc(I)cc2F)C1. The minimum absolute atomic E-state index is 0. The van der Waals surface area contributed by atoms with Crippen molar-refractivity contribution < 1.29 is 28.0 Å². The highest BCUT2D eigenvalue weighted by Crippen LogP contribution is 2.31. The van der Waals surface area contributed by atoms with Crippen molar-refractivity contribution in [2.24, 2.45) is 5.73 Å². The Morgan fingerprint density at radius 1 is 1.27 bits per heavy atom. The van der Waals surface area contributed by atoms with Crippen LogP contribution in [0, 0.1) is 31.1 Å². The van der Waals surface area contributed by atoms with E-state index in [0.29, 0.717) is 9.77 Å². The molecule has 0 saturated carbocycles. The molecule has 1 aliphatic heterocycles. The molecule has 1 heterocycles. The van der Waals surface area contributed by atoms with Gasteiger partial charge in [-0.05, 0) is 52.9 Å². The number of likely N-dealkylation sites (tertiary alicyclic amines) is 1. The highest BCUT2D eigenvalue weighted by atomic mass is 127. The molecule has 2 aromatic carbocycles. The predicted octanol–water partition coefficient (Wildman–Crippen LogP) is 2.68. The van der Waals surface area contributed by atoms with E-state index in [-0.39, 0.29) is 49.1 Å². The van der Waals surface area contributed by atoms with Crippen LogP contribution in [0.5, 0.6) is 0 Å². The Kier molecular flexibility index (Phi) is 8.37. The van der Waals surface area contributed by atoms with E-state index in [2.05, 4.69) is 10.6 Å². The van der Waals surface area contributed by atoms with Crippen LogP contribution in [-0.4, -0.2) is 46.1 Å². The first-order valence-electron chi connectivity index (χ1n) is 9.05. The Balaban J connectivity index is 0.00000385. The van der Waals surface area contributed by atoms with Crippen molar-refractivity contribution in [2.45, 2.75) is 5.60 Å². The molecule has 178 valence electrons. The topological polar surface area (TPSA) is 134 Å². The highest BCUT2D eigenvalue weighted by Gasteiger charge is 2.44. The molecule has 1 amide bonds. The maximum Gasteiger partial charge on any atom is 0.273 e. The van der Waals surface area contributed by atoms with E-state index < -0.39 is 39.6 Å². The van der Waals surface area contributed by atoms with Crippen LogP contribution in [0.3, 0.4) is 0 Å². The van der Waals surface area contributed by atoms with Gasteiger partial charge < -0.3 is 26.4 Å². The van der Waals surface area contributed by atoms with E-state index in [9.17, 15) is 33.2 Å². The molecule has 0 unspecified atom stereocenters. The Bertz CT molecular complexity index is 1120. The van der Waals surface area contributed by atoms with E-state index in [1.807, 2.05) is 22.6 Å². The van der Waals surface area contributed by atoms with E-state index in [0.717, 1.165) is 17.0 Å². The fourth-order valence-electron chi connectivity index (χ4n) is 3.09. The van der Waals surface area contributed by atoms with Crippen LogP contribution in [-0.2, 0) is 0 Å². The second-order valence-corrected chi connectivity index (χ2v) is 8.39. The molecule has 33 heavy (non-hydrogen) atoms. The number of anilines is 2. The fourth-order valence-corrected chi connectivity index (χ4v) is 3.55. The number of β-amino-alcohol motifs (C(OH)–C–C–N with tert-alkyl or cyclic N) is 1. The lowest BCUT2D eigenvalue weighted by molar-refractivity contribution is -0.403. The molecule has 5 N–H and O–H groups in total. The third kappa shape index (κ3) is 6.17. The lowest BCUT2D eigenvalue weighted by atomic mass is 9.92. The lowest BCUT2D eigenvalue weighted by Crippen LogP contribution is -2.67. The molecule has 3 rings (SSSR count). The predicted molar refractivity (Wildman–Crippen MR) is 124 cm³/mol. The summed E-state index contributed by atoms with van der Waals surface area (Å²) in [6.07, 6.45) is 0.522. The number of hydrogen-bond acceptors (Lipinski definition) is 7. The summed E-state index contributed by atoms with van der Waals surface area (Å²) in [5, 5.41) is 25.7. The van der Waals surface area contributed by atoms with Crippen LogP contribution in [0.15, 0.2) is 42.4 Å². The van der Waals surface area contributed by atoms with Gasteiger partial charge in [0.2, 0.25) is 0 Å². The fraction of sp³-hybridized carbons (Fsp3) is 0.211. The van der Waals surface area contributed by atoms with Gasteiger partial charge in [-0.2, -0.15) is 0 Å². The summed E-state index contributed by atoms with van der Waals surface area (Å²) in [5.74, 6) is -4.31. The minimum Gasteiger partial charge on any atom is -0.384 e. The van der Waals surface area contributed by atoms with Gasteiger partial charge in [0.15, 0.2) is 17.5 Å². The van der Waals surface area contributed by atoms with Gasteiger partial charge in [0.25, 0.3) is 12.1 Å². The van der Waals surface area contributed by atoms with Crippen molar-refractivity contribution in [1.29, 1.82) is 0 Å². The molecule has 0 bridgehead atoms. The van der Waals surface area contributed by atoms with Crippen LogP contribution in [0.1, 0.15) is 10.4 Å². The maximum atomic E-state index is 14.5. The summed E-state index contributed by atoms with van der Waals surface area (Å²) in [5.41, 5.74) is 3.01. The number of benzene rings is 2. The number of halogens is 5. The third-order valence-electron chi connectivity index (χ3n) is 4.64. The Labute approximate surface area is 205 Å². The Morgan fingerprint density at radius 3 is 2.55 bits per heavy atom. The maximum absolute atomic E-state index is 14.5. The van der Waals surface area contributed by atoms with Gasteiger partial charge >= 0.3 is 0 Å². The summed E-state index contributed by atoms with van der Waals surface area (Å²) < 4.78 is 43.1. The number of hydrogen-bond donors (Lipinski definition) is 4. The smallest absolute Gasteiger partial charge is 0.273 e. The quantitative estimate of drug-likeness (QED) is 0.219. The summed E-state index contributed by atoms with van der Waals surface area (Å²) in [4.78, 5) is 23.6. The molecule has 14 heteroatoms. The summed E-state index contributed by atoms with van der Waals surface area (Å²) in [7, 11) is 0. The van der Waals surface area contributed by atoms with Gasteiger partial charge in [0, 0.05) is 10.1 Å². The van der Waals surface area contributed by atoms with Gasteiger partial charge in [0.1, 0.15) is 11.4 Å². The second kappa shape index (κ2) is 10.4. The average molecular weight is 600 g/mol. The van der Waals surface area contributed by atoms with Gasteiger partial charge in [0.05, 0.1) is 35.0 Å². The average Bonchev–Trinajstić information content (AvgIpc) is 2.68. The second-order valence-electron chi connectivity index (χ2n) is 7.14. The minimum atomic E-state index is -1.43. The first-order chi connectivity index (χ1) is 15.0. The molecular formula is C19H18ClF3IN5O4. The summed E-state index contributed by atoms with van der Waals surface area (Å²) >= 11 is 1.89. The number of nitrogens with zero attached hydrogens (tertiary/aromatic N) is 2. The first-order valence-corrected chi connectivity index (χ1v) is 10.1. The van der Waals surface area contributed by atoms with E-state index >= 15 is 0 Å². The Hall–Kier alpha value is -2.78. The number of nitrogens with two attached hydrogens (primary N) is 1. The number of nitrogens with one attached hydrogen (secondary N) is 2. The Morgan fingerprint density at radius 2 is 1.94 bits per heavy atom. The molecule has 0 radical (unpaired) electrons. The van der Waals surface area contributed by atoms with Crippen LogP contribution < -0.4 is 16.4 Å². The number of nitro groups is 1. The molecular weight excluding hydrogens is 582 g/mol. The molecule has 1 fully saturated rings. The molecule has 1 saturated heterocycles. The zero-order valence-electron chi connectivity index (χ0n) is 16.6. The van der Waals surface area contributed by atoms with Crippen LogP contribution >= 0.6 is 35.0 Å². The standard InChI is InChI=1S/C19H17F3IN5O4.ClH/c20-12-3-2-11(17(16(12)22)26-14-4-1-10(23)5-13(14)21)18(29)27-8-19(30,9-27)7-25-15(24)6-28(31)32;/h1-6,25-26,30H,7-9,24H2;1H/b15-6-;. The van der Waals surface area contributed by atoms with E-state index in [4.69, 9.17) is 5.73 Å². The van der Waals surface area contributed by atoms with Crippen LogP contribution in [0.4, 0.5) is 24.5 Å². The highest BCUT2D eigenvalue weighted by molar-refractivity contribution is 14.1. The van der Waals surface area contributed by atoms with Crippen molar-refractivity contribution in [3.63, 3.8) is 0 Å². The monoisotopic (exact) mass is 599 g/mol. The van der Waals surface area contributed by atoms with Gasteiger partial charge in [-0.15, -0.1) is 12.4 Å². The molecule has 1 aliphatic rings. The largest absolute Gasteiger partial charge is 0.384 e. The lowest BCUT2D eigenvalue weighted by Gasteiger charge is -2.46. The van der Waals surface area contributed by atoms with Crippen LogP contribution in [0.2, 0.25) is 0 Å². The van der Waals surface area contributed by atoms with Gasteiger partial charge in [-0.3, -0.25) is 14.9 Å². The van der Waals surface area contributed by atoms with E-state index in [1.54, 1.807) is 6.07 Å². The molecule has 0 aliphatic carbocycles. The summed E-state index contributed by atoms with van der Waals surface area (Å²) in [6.45, 7) is -0.564. The number of aliphatic hydroxyl groups is 1. The van der Waals surface area contributed by atoms with E-state index in [1.165, 1.54) is 12.1 Å². The first kappa shape index (κ1) is 26.5. The van der Waals surface area contributed by atoms with Crippen LogP contribution in [0.25, 0.3) is 0 Å². The number of amides is 1. The molecule has 0 atom stereocenters. The van der Waals surface area contributed by atoms with Gasteiger partial charge in [-0.25, -0.2) is 13.2 Å². The number of rotatable bonds is 7. The van der Waals surface area contributed by atoms with Crippen molar-refractivity contribution in [3.8, 4) is 0 Å². The number of carbonyl (C=O) groups is 1. The van der Waals surface area contributed by atoms with Crippen molar-refractivity contribution in [2.75, 3.05) is 25.0 Å².